The van der Waals surface area contributed by atoms with Gasteiger partial charge in [0.2, 0.25) is 0 Å². The molecule has 0 spiro atoms. The molecule has 1 unspecified atom stereocenters. The number of nitrogens with zero attached hydrogens (tertiary/aromatic N) is 3. The van der Waals surface area contributed by atoms with E-state index in [0.717, 1.165) is 28.7 Å². The third-order valence-electron chi connectivity index (χ3n) is 5.72. The molecule has 0 bridgehead atoms. The van der Waals surface area contributed by atoms with Crippen LogP contribution in [0, 0.1) is 6.92 Å². The molecule has 0 amide bonds. The van der Waals surface area contributed by atoms with Gasteiger partial charge in [0.15, 0.2) is 0 Å². The third-order valence-corrected chi connectivity index (χ3v) is 5.97. The lowest BCUT2D eigenvalue weighted by molar-refractivity contribution is 0.423. The summed E-state index contributed by atoms with van der Waals surface area (Å²) in [6.07, 6.45) is 0. The van der Waals surface area contributed by atoms with E-state index in [4.69, 9.17) is 21.7 Å². The molecule has 4 heteroatoms. The van der Waals surface area contributed by atoms with E-state index in [0.29, 0.717) is 6.54 Å². The molecular weight excluding hydrogens is 390 g/mol. The van der Waals surface area contributed by atoms with Crippen LogP contribution in [-0.2, 0) is 12.0 Å². The number of aliphatic imine (C=N–C) groups is 1. The van der Waals surface area contributed by atoms with Gasteiger partial charge in [0.05, 0.1) is 24.2 Å². The molecule has 0 fully saturated rings. The van der Waals surface area contributed by atoms with Crippen LogP contribution in [0.15, 0.2) is 89.0 Å². The zero-order valence-corrected chi connectivity index (χ0v) is 18.4. The van der Waals surface area contributed by atoms with E-state index in [1.807, 2.05) is 42.3 Å². The summed E-state index contributed by atoms with van der Waals surface area (Å²) in [5.41, 5.74) is 5.58. The van der Waals surface area contributed by atoms with E-state index in [-0.39, 0.29) is 5.41 Å². The number of halogens is 1. The Morgan fingerprint density at radius 3 is 2.33 bits per heavy atom. The molecule has 0 saturated heterocycles. The van der Waals surface area contributed by atoms with Gasteiger partial charge < -0.3 is 0 Å². The predicted molar refractivity (Wildman–Crippen MR) is 126 cm³/mol. The SMILES string of the molecule is CC(=NCc1ccc(C)cc1)N1CC(C)(c2ccccc2)C(c2ccc(Cl)cc2)=N1. The first-order valence-corrected chi connectivity index (χ1v) is 10.6. The van der Waals surface area contributed by atoms with Crippen molar-refractivity contribution < 1.29 is 0 Å². The summed E-state index contributed by atoms with van der Waals surface area (Å²) in [5.74, 6) is 0.918. The van der Waals surface area contributed by atoms with Crippen LogP contribution in [0.2, 0.25) is 5.02 Å². The summed E-state index contributed by atoms with van der Waals surface area (Å²) < 4.78 is 0. The minimum absolute atomic E-state index is 0.240. The average Bonchev–Trinajstić information content (AvgIpc) is 3.13. The highest BCUT2D eigenvalue weighted by Gasteiger charge is 2.41. The summed E-state index contributed by atoms with van der Waals surface area (Å²) in [5, 5.41) is 7.78. The van der Waals surface area contributed by atoms with Crippen molar-refractivity contribution >= 4 is 23.1 Å². The zero-order valence-electron chi connectivity index (χ0n) is 17.6. The maximum atomic E-state index is 6.13. The van der Waals surface area contributed by atoms with Crippen molar-refractivity contribution in [1.29, 1.82) is 0 Å². The van der Waals surface area contributed by atoms with Crippen molar-refractivity contribution in [2.45, 2.75) is 32.7 Å². The molecule has 0 N–H and O–H groups in total. The summed E-state index contributed by atoms with van der Waals surface area (Å²) in [6.45, 7) is 7.78. The van der Waals surface area contributed by atoms with Crippen LogP contribution in [0.4, 0.5) is 0 Å². The molecular formula is C26H26ClN3. The fraction of sp³-hybridized carbons (Fsp3) is 0.231. The maximum absolute atomic E-state index is 6.13. The van der Waals surface area contributed by atoms with E-state index < -0.39 is 0 Å². The Labute approximate surface area is 183 Å². The molecule has 3 aromatic carbocycles. The fourth-order valence-corrected chi connectivity index (χ4v) is 3.95. The van der Waals surface area contributed by atoms with Gasteiger partial charge in [-0.25, -0.2) is 0 Å². The Bertz CT molecular complexity index is 1070. The smallest absolute Gasteiger partial charge is 0.117 e. The Morgan fingerprint density at radius 2 is 1.67 bits per heavy atom. The summed E-state index contributed by atoms with van der Waals surface area (Å²) >= 11 is 6.13. The lowest BCUT2D eigenvalue weighted by Crippen LogP contribution is -2.37. The highest BCUT2D eigenvalue weighted by atomic mass is 35.5. The second-order valence-electron chi connectivity index (χ2n) is 8.06. The first-order valence-electron chi connectivity index (χ1n) is 10.2. The first-order chi connectivity index (χ1) is 14.5. The van der Waals surface area contributed by atoms with Gasteiger partial charge in [0.25, 0.3) is 0 Å². The molecule has 1 atom stereocenters. The highest BCUT2D eigenvalue weighted by molar-refractivity contribution is 6.30. The molecule has 3 aromatic rings. The summed E-state index contributed by atoms with van der Waals surface area (Å²) in [6, 6.07) is 27.0. The van der Waals surface area contributed by atoms with Crippen LogP contribution in [0.25, 0.3) is 0 Å². The number of rotatable bonds is 4. The number of hydrogen-bond acceptors (Lipinski definition) is 2. The van der Waals surface area contributed by atoms with Crippen molar-refractivity contribution in [3.63, 3.8) is 0 Å². The highest BCUT2D eigenvalue weighted by Crippen LogP contribution is 2.35. The predicted octanol–water partition coefficient (Wildman–Crippen LogP) is 6.24. The molecule has 1 aliphatic heterocycles. The van der Waals surface area contributed by atoms with Crippen LogP contribution in [0.5, 0.6) is 0 Å². The van der Waals surface area contributed by atoms with Crippen LogP contribution >= 0.6 is 11.6 Å². The lowest BCUT2D eigenvalue weighted by Gasteiger charge is -2.27. The average molecular weight is 416 g/mol. The van der Waals surface area contributed by atoms with Crippen molar-refractivity contribution in [3.05, 3.63) is 106 Å². The van der Waals surface area contributed by atoms with Crippen LogP contribution in [-0.4, -0.2) is 23.1 Å². The van der Waals surface area contributed by atoms with E-state index in [1.165, 1.54) is 16.7 Å². The molecule has 30 heavy (non-hydrogen) atoms. The number of hydrazone groups is 1. The van der Waals surface area contributed by atoms with Gasteiger partial charge in [-0.05, 0) is 49.6 Å². The quantitative estimate of drug-likeness (QED) is 0.366. The zero-order chi connectivity index (χ0) is 21.1. The number of amidine groups is 1. The fourth-order valence-electron chi connectivity index (χ4n) is 3.83. The molecule has 4 rings (SSSR count). The monoisotopic (exact) mass is 415 g/mol. The van der Waals surface area contributed by atoms with Crippen molar-refractivity contribution in [3.8, 4) is 0 Å². The standard InChI is InChI=1S/C26H26ClN3/c1-19-9-11-21(12-10-19)17-28-20(2)30-18-26(3,23-7-5-4-6-8-23)25(29-30)22-13-15-24(27)16-14-22/h4-16H,17-18H2,1-3H3. The maximum Gasteiger partial charge on any atom is 0.117 e. The summed E-state index contributed by atoms with van der Waals surface area (Å²) in [4.78, 5) is 4.82. The second kappa shape index (κ2) is 8.45. The number of aryl methyl sites for hydroxylation is 1. The van der Waals surface area contributed by atoms with Gasteiger partial charge in [-0.2, -0.15) is 5.10 Å². The largest absolute Gasteiger partial charge is 0.266 e. The van der Waals surface area contributed by atoms with Gasteiger partial charge in [0.1, 0.15) is 5.84 Å². The molecule has 1 aliphatic rings. The van der Waals surface area contributed by atoms with E-state index in [9.17, 15) is 0 Å². The minimum Gasteiger partial charge on any atom is -0.266 e. The molecule has 152 valence electrons. The van der Waals surface area contributed by atoms with Gasteiger partial charge in [-0.15, -0.1) is 0 Å². The van der Waals surface area contributed by atoms with Gasteiger partial charge in [-0.3, -0.25) is 10.0 Å². The number of hydrogen-bond donors (Lipinski definition) is 0. The Kier molecular flexibility index (Phi) is 5.74. The summed E-state index contributed by atoms with van der Waals surface area (Å²) in [7, 11) is 0. The Morgan fingerprint density at radius 1 is 1.00 bits per heavy atom. The molecule has 0 aliphatic carbocycles. The molecule has 0 aromatic heterocycles. The molecule has 0 radical (unpaired) electrons. The molecule has 1 heterocycles. The van der Waals surface area contributed by atoms with Gasteiger partial charge >= 0.3 is 0 Å². The van der Waals surface area contributed by atoms with Crippen molar-refractivity contribution in [1.82, 2.24) is 5.01 Å². The van der Waals surface area contributed by atoms with Gasteiger partial charge in [0, 0.05) is 5.02 Å². The number of benzene rings is 3. The van der Waals surface area contributed by atoms with E-state index in [1.54, 1.807) is 0 Å². The Balaban J connectivity index is 1.66. The van der Waals surface area contributed by atoms with Crippen LogP contribution in [0.1, 0.15) is 36.1 Å². The minimum atomic E-state index is -0.240. The lowest BCUT2D eigenvalue weighted by atomic mass is 9.76. The van der Waals surface area contributed by atoms with E-state index in [2.05, 4.69) is 62.4 Å². The first kappa shape index (κ1) is 20.4. The second-order valence-corrected chi connectivity index (χ2v) is 8.50. The molecule has 3 nitrogen and oxygen atoms in total. The van der Waals surface area contributed by atoms with Gasteiger partial charge in [-0.1, -0.05) is 83.9 Å². The third kappa shape index (κ3) is 4.17. The Hall–Kier alpha value is -2.91. The van der Waals surface area contributed by atoms with Crippen molar-refractivity contribution in [2.24, 2.45) is 10.1 Å². The molecule has 0 saturated carbocycles. The topological polar surface area (TPSA) is 28.0 Å². The normalized spacial score (nSPS) is 19.1. The van der Waals surface area contributed by atoms with Crippen molar-refractivity contribution in [2.75, 3.05) is 6.54 Å². The van der Waals surface area contributed by atoms with Crippen LogP contribution < -0.4 is 0 Å². The van der Waals surface area contributed by atoms with E-state index >= 15 is 0 Å². The van der Waals surface area contributed by atoms with Crippen LogP contribution in [0.3, 0.4) is 0 Å².